The second-order valence-corrected chi connectivity index (χ2v) is 6.26. The van der Waals surface area contributed by atoms with Gasteiger partial charge in [-0.15, -0.1) is 0 Å². The van der Waals surface area contributed by atoms with E-state index < -0.39 is 0 Å². The van der Waals surface area contributed by atoms with E-state index in [1.807, 2.05) is 0 Å². The van der Waals surface area contributed by atoms with Crippen molar-refractivity contribution in [2.75, 3.05) is 7.11 Å². The van der Waals surface area contributed by atoms with E-state index in [0.717, 1.165) is 12.8 Å². The molecule has 0 bridgehead atoms. The molecule has 0 aromatic rings. The molecule has 0 atom stereocenters. The number of hydrogen-bond donors (Lipinski definition) is 0. The van der Waals surface area contributed by atoms with Crippen molar-refractivity contribution >= 4 is 5.97 Å². The summed E-state index contributed by atoms with van der Waals surface area (Å²) in [5.74, 6) is -0.0721. The maximum atomic E-state index is 10.9. The van der Waals surface area contributed by atoms with Crippen LogP contribution in [0.15, 0.2) is 12.2 Å². The van der Waals surface area contributed by atoms with E-state index in [1.165, 1.54) is 84.2 Å². The van der Waals surface area contributed by atoms with E-state index in [-0.39, 0.29) is 5.97 Å². The quantitative estimate of drug-likeness (QED) is 0.183. The fourth-order valence-electron chi connectivity index (χ4n) is 2.62. The second-order valence-electron chi connectivity index (χ2n) is 6.26. The first-order chi connectivity index (χ1) is 10.8. The van der Waals surface area contributed by atoms with E-state index >= 15 is 0 Å². The molecule has 2 nitrogen and oxygen atoms in total. The predicted octanol–water partition coefficient (Wildman–Crippen LogP) is 6.59. The molecule has 0 aliphatic heterocycles. The molecule has 0 amide bonds. The molecular formula is C20H38O2. The number of hydrogen-bond acceptors (Lipinski definition) is 2. The van der Waals surface area contributed by atoms with Crippen LogP contribution in [0.3, 0.4) is 0 Å². The highest BCUT2D eigenvalue weighted by atomic mass is 16.5. The van der Waals surface area contributed by atoms with Crippen LogP contribution in [0.5, 0.6) is 0 Å². The Morgan fingerprint density at radius 1 is 0.727 bits per heavy atom. The highest BCUT2D eigenvalue weighted by Crippen LogP contribution is 2.11. The number of allylic oxidation sites excluding steroid dienone is 2. The Labute approximate surface area is 138 Å². The van der Waals surface area contributed by atoms with Crippen LogP contribution in [0.1, 0.15) is 103 Å². The summed E-state index contributed by atoms with van der Waals surface area (Å²) in [6.07, 6.45) is 23.5. The molecule has 22 heavy (non-hydrogen) atoms. The van der Waals surface area contributed by atoms with Gasteiger partial charge in [0, 0.05) is 6.42 Å². The topological polar surface area (TPSA) is 26.3 Å². The average Bonchev–Trinajstić information content (AvgIpc) is 2.54. The third-order valence-corrected chi connectivity index (χ3v) is 4.12. The average molecular weight is 311 g/mol. The molecule has 0 unspecified atom stereocenters. The zero-order valence-corrected chi connectivity index (χ0v) is 15.1. The number of rotatable bonds is 16. The van der Waals surface area contributed by atoms with E-state index in [1.54, 1.807) is 0 Å². The lowest BCUT2D eigenvalue weighted by molar-refractivity contribution is -0.140. The van der Waals surface area contributed by atoms with Gasteiger partial charge in [-0.05, 0) is 32.1 Å². The maximum Gasteiger partial charge on any atom is 0.305 e. The summed E-state index contributed by atoms with van der Waals surface area (Å²) in [6.45, 7) is 2.27. The van der Waals surface area contributed by atoms with Gasteiger partial charge < -0.3 is 4.74 Å². The van der Waals surface area contributed by atoms with E-state index in [0.29, 0.717) is 6.42 Å². The van der Waals surface area contributed by atoms with Crippen molar-refractivity contribution in [2.45, 2.75) is 103 Å². The van der Waals surface area contributed by atoms with Crippen LogP contribution < -0.4 is 0 Å². The summed E-state index contributed by atoms with van der Waals surface area (Å²) in [5, 5.41) is 0. The molecular weight excluding hydrogens is 272 g/mol. The van der Waals surface area contributed by atoms with Crippen molar-refractivity contribution in [1.29, 1.82) is 0 Å². The Morgan fingerprint density at radius 3 is 1.68 bits per heavy atom. The van der Waals surface area contributed by atoms with Gasteiger partial charge in [0.05, 0.1) is 7.11 Å². The standard InChI is InChI=1S/C20H38O2/c1-3-4-5-6-7-8-9-10-11-12-13-14-15-16-17-18-19-20(21)22-2/h9-10H,3-8,11-19H2,1-2H3/b10-9+. The molecule has 130 valence electrons. The Bertz CT molecular complexity index is 258. The molecule has 0 rings (SSSR count). The second kappa shape index (κ2) is 18.3. The van der Waals surface area contributed by atoms with Crippen LogP contribution in [0.4, 0.5) is 0 Å². The lowest BCUT2D eigenvalue weighted by atomic mass is 10.1. The third-order valence-electron chi connectivity index (χ3n) is 4.12. The number of carbonyl (C=O) groups excluding carboxylic acids is 1. The van der Waals surface area contributed by atoms with Crippen LogP contribution in [0.2, 0.25) is 0 Å². The minimum Gasteiger partial charge on any atom is -0.469 e. The van der Waals surface area contributed by atoms with Crippen LogP contribution >= 0.6 is 0 Å². The smallest absolute Gasteiger partial charge is 0.305 e. The normalized spacial score (nSPS) is 11.2. The van der Waals surface area contributed by atoms with E-state index in [4.69, 9.17) is 0 Å². The van der Waals surface area contributed by atoms with Gasteiger partial charge in [-0.25, -0.2) is 0 Å². The molecule has 2 heteroatoms. The van der Waals surface area contributed by atoms with Gasteiger partial charge >= 0.3 is 5.97 Å². The summed E-state index contributed by atoms with van der Waals surface area (Å²) < 4.78 is 4.63. The summed E-state index contributed by atoms with van der Waals surface area (Å²) in [6, 6.07) is 0. The molecule has 0 heterocycles. The summed E-state index contributed by atoms with van der Waals surface area (Å²) in [5.41, 5.74) is 0. The molecule has 0 saturated carbocycles. The molecule has 0 aromatic heterocycles. The Hall–Kier alpha value is -0.790. The van der Waals surface area contributed by atoms with E-state index in [9.17, 15) is 4.79 Å². The Morgan fingerprint density at radius 2 is 1.18 bits per heavy atom. The summed E-state index contributed by atoms with van der Waals surface area (Å²) >= 11 is 0. The number of carbonyl (C=O) groups is 1. The van der Waals surface area contributed by atoms with Crippen molar-refractivity contribution in [3.8, 4) is 0 Å². The highest BCUT2D eigenvalue weighted by Gasteiger charge is 1.98. The Kier molecular flexibility index (Phi) is 17.6. The van der Waals surface area contributed by atoms with Crippen molar-refractivity contribution in [3.05, 3.63) is 12.2 Å². The van der Waals surface area contributed by atoms with Gasteiger partial charge in [0.2, 0.25) is 0 Å². The van der Waals surface area contributed by atoms with Crippen molar-refractivity contribution in [3.63, 3.8) is 0 Å². The van der Waals surface area contributed by atoms with Gasteiger partial charge in [0.1, 0.15) is 0 Å². The minimum atomic E-state index is -0.0721. The minimum absolute atomic E-state index is 0.0721. The van der Waals surface area contributed by atoms with Gasteiger partial charge in [-0.2, -0.15) is 0 Å². The molecule has 0 N–H and O–H groups in total. The van der Waals surface area contributed by atoms with Crippen molar-refractivity contribution < 1.29 is 9.53 Å². The molecule has 0 radical (unpaired) electrons. The summed E-state index contributed by atoms with van der Waals surface area (Å²) in [7, 11) is 1.46. The first-order valence-electron chi connectivity index (χ1n) is 9.53. The largest absolute Gasteiger partial charge is 0.469 e. The SMILES string of the molecule is CCCCCCC/C=C/CCCCCCCCCC(=O)OC. The van der Waals surface area contributed by atoms with Crippen molar-refractivity contribution in [1.82, 2.24) is 0 Å². The van der Waals surface area contributed by atoms with Crippen LogP contribution in [0, 0.1) is 0 Å². The molecule has 0 aliphatic rings. The molecule has 0 saturated heterocycles. The van der Waals surface area contributed by atoms with Crippen LogP contribution in [-0.4, -0.2) is 13.1 Å². The van der Waals surface area contributed by atoms with Gasteiger partial charge in [-0.3, -0.25) is 4.79 Å². The highest BCUT2D eigenvalue weighted by molar-refractivity contribution is 5.68. The fourth-order valence-corrected chi connectivity index (χ4v) is 2.62. The van der Waals surface area contributed by atoms with Crippen molar-refractivity contribution in [2.24, 2.45) is 0 Å². The van der Waals surface area contributed by atoms with Gasteiger partial charge in [0.15, 0.2) is 0 Å². The lowest BCUT2D eigenvalue weighted by Crippen LogP contribution is -1.99. The van der Waals surface area contributed by atoms with Gasteiger partial charge in [-0.1, -0.05) is 76.9 Å². The summed E-state index contributed by atoms with van der Waals surface area (Å²) in [4.78, 5) is 10.9. The zero-order chi connectivity index (χ0) is 16.3. The fraction of sp³-hybridized carbons (Fsp3) is 0.850. The van der Waals surface area contributed by atoms with Gasteiger partial charge in [0.25, 0.3) is 0 Å². The molecule has 0 aromatic carbocycles. The Balaban J connectivity index is 3.09. The monoisotopic (exact) mass is 310 g/mol. The number of unbranched alkanes of at least 4 members (excludes halogenated alkanes) is 12. The number of esters is 1. The number of methoxy groups -OCH3 is 1. The lowest BCUT2D eigenvalue weighted by Gasteiger charge is -2.01. The zero-order valence-electron chi connectivity index (χ0n) is 15.1. The molecule has 0 aliphatic carbocycles. The predicted molar refractivity (Wildman–Crippen MR) is 96.1 cm³/mol. The first-order valence-corrected chi connectivity index (χ1v) is 9.53. The molecule has 0 spiro atoms. The van der Waals surface area contributed by atoms with E-state index in [2.05, 4.69) is 23.8 Å². The molecule has 0 fully saturated rings. The van der Waals surface area contributed by atoms with Crippen LogP contribution in [0.25, 0.3) is 0 Å². The maximum absolute atomic E-state index is 10.9. The van der Waals surface area contributed by atoms with Crippen LogP contribution in [-0.2, 0) is 9.53 Å². The third kappa shape index (κ3) is 17.3. The first kappa shape index (κ1) is 21.2. The number of ether oxygens (including phenoxy) is 1.